The molecule has 1 N–H and O–H groups in total. The average Bonchev–Trinajstić information content (AvgIpc) is 2.10. The summed E-state index contributed by atoms with van der Waals surface area (Å²) in [4.78, 5) is 2.24. The highest BCUT2D eigenvalue weighted by Gasteiger charge is 2.28. The van der Waals surface area contributed by atoms with Crippen LogP contribution in [0.15, 0.2) is 0 Å². The molecule has 12 heavy (non-hydrogen) atoms. The summed E-state index contributed by atoms with van der Waals surface area (Å²) in [7, 11) is 0. The number of aliphatic hydroxyl groups is 1. The Morgan fingerprint density at radius 2 is 2.17 bits per heavy atom. The van der Waals surface area contributed by atoms with E-state index in [0.717, 1.165) is 13.0 Å². The molecule has 72 valence electrons. The van der Waals surface area contributed by atoms with E-state index in [2.05, 4.69) is 18.7 Å². The Balaban J connectivity index is 2.54. The van der Waals surface area contributed by atoms with E-state index in [1.165, 1.54) is 0 Å². The molecule has 1 fully saturated rings. The first kappa shape index (κ1) is 9.96. The van der Waals surface area contributed by atoms with E-state index in [0.29, 0.717) is 19.2 Å². The smallest absolute Gasteiger partial charge is 0.175 e. The fraction of sp³-hybridized carbons (Fsp3) is 1.00. The monoisotopic (exact) mass is 173 g/mol. The van der Waals surface area contributed by atoms with Crippen LogP contribution in [0.25, 0.3) is 0 Å². The summed E-state index contributed by atoms with van der Waals surface area (Å²) in [6, 6.07) is 0.484. The first-order valence-electron chi connectivity index (χ1n) is 4.62. The summed E-state index contributed by atoms with van der Waals surface area (Å²) >= 11 is 0. The fourth-order valence-corrected chi connectivity index (χ4v) is 1.50. The Labute approximate surface area is 74.3 Å². The minimum absolute atomic E-state index is 0.484. The van der Waals surface area contributed by atoms with Crippen LogP contribution in [0.5, 0.6) is 0 Å². The van der Waals surface area contributed by atoms with Crippen molar-refractivity contribution in [1.29, 1.82) is 0 Å². The Kier molecular flexibility index (Phi) is 3.09. The maximum absolute atomic E-state index is 9.71. The molecule has 1 aliphatic rings. The molecule has 0 aliphatic carbocycles. The minimum atomic E-state index is -0.958. The molecule has 1 rings (SSSR count). The number of β-amino-alcohol motifs (C(OH)–C–C–N with tert-alkyl or cyclic N) is 1. The lowest BCUT2D eigenvalue weighted by Gasteiger charge is -2.30. The summed E-state index contributed by atoms with van der Waals surface area (Å²) in [5, 5.41) is 9.71. The number of nitrogens with zero attached hydrogens (tertiary/aromatic N) is 1. The standard InChI is InChI=1S/C9H19NO2/c1-8(2)10-5-4-6-12-9(3,11)7-10/h8,11H,4-7H2,1-3H3/t9-/m1/s1. The Morgan fingerprint density at radius 3 is 2.75 bits per heavy atom. The number of hydrogen-bond acceptors (Lipinski definition) is 3. The predicted molar refractivity (Wildman–Crippen MR) is 47.9 cm³/mol. The van der Waals surface area contributed by atoms with Gasteiger partial charge in [0.25, 0.3) is 0 Å². The number of rotatable bonds is 1. The second kappa shape index (κ2) is 3.73. The first-order valence-corrected chi connectivity index (χ1v) is 4.62. The van der Waals surface area contributed by atoms with Gasteiger partial charge < -0.3 is 9.84 Å². The van der Waals surface area contributed by atoms with E-state index in [4.69, 9.17) is 4.74 Å². The molecule has 0 amide bonds. The molecule has 0 spiro atoms. The van der Waals surface area contributed by atoms with Crippen LogP contribution in [-0.4, -0.2) is 41.5 Å². The van der Waals surface area contributed by atoms with Crippen molar-refractivity contribution in [3.05, 3.63) is 0 Å². The molecular formula is C9H19NO2. The molecule has 1 saturated heterocycles. The lowest BCUT2D eigenvalue weighted by atomic mass is 10.2. The van der Waals surface area contributed by atoms with Gasteiger partial charge in [0.05, 0.1) is 13.2 Å². The Bertz CT molecular complexity index is 145. The molecule has 3 heteroatoms. The molecule has 0 saturated carbocycles. The van der Waals surface area contributed by atoms with E-state index < -0.39 is 5.79 Å². The molecular weight excluding hydrogens is 154 g/mol. The first-order chi connectivity index (χ1) is 5.51. The van der Waals surface area contributed by atoms with Gasteiger partial charge in [0, 0.05) is 12.6 Å². The molecule has 1 heterocycles. The average molecular weight is 173 g/mol. The zero-order valence-corrected chi connectivity index (χ0v) is 8.21. The third-order valence-corrected chi connectivity index (χ3v) is 2.23. The van der Waals surface area contributed by atoms with Crippen molar-refractivity contribution < 1.29 is 9.84 Å². The minimum Gasteiger partial charge on any atom is -0.365 e. The third-order valence-electron chi connectivity index (χ3n) is 2.23. The van der Waals surface area contributed by atoms with Gasteiger partial charge in [0.2, 0.25) is 0 Å². The van der Waals surface area contributed by atoms with Crippen LogP contribution in [0.3, 0.4) is 0 Å². The predicted octanol–water partition coefficient (Wildman–Crippen LogP) is 0.826. The van der Waals surface area contributed by atoms with E-state index in [1.54, 1.807) is 6.92 Å². The highest BCUT2D eigenvalue weighted by atomic mass is 16.6. The van der Waals surface area contributed by atoms with Gasteiger partial charge in [-0.1, -0.05) is 0 Å². The zero-order valence-electron chi connectivity index (χ0n) is 8.21. The van der Waals surface area contributed by atoms with Gasteiger partial charge in [-0.3, -0.25) is 4.90 Å². The van der Waals surface area contributed by atoms with E-state index in [1.807, 2.05) is 0 Å². The van der Waals surface area contributed by atoms with Crippen molar-refractivity contribution in [1.82, 2.24) is 4.90 Å². The zero-order chi connectivity index (χ0) is 9.19. The Morgan fingerprint density at radius 1 is 1.50 bits per heavy atom. The fourth-order valence-electron chi connectivity index (χ4n) is 1.50. The highest BCUT2D eigenvalue weighted by Crippen LogP contribution is 2.15. The van der Waals surface area contributed by atoms with Crippen LogP contribution in [0.1, 0.15) is 27.2 Å². The van der Waals surface area contributed by atoms with Gasteiger partial charge in [-0.2, -0.15) is 0 Å². The van der Waals surface area contributed by atoms with E-state index in [-0.39, 0.29) is 0 Å². The SMILES string of the molecule is CC(C)N1CCCO[C@@](C)(O)C1. The van der Waals surface area contributed by atoms with Crippen molar-refractivity contribution in [3.8, 4) is 0 Å². The molecule has 0 radical (unpaired) electrons. The highest BCUT2D eigenvalue weighted by molar-refractivity contribution is 4.74. The van der Waals surface area contributed by atoms with Gasteiger partial charge in [-0.25, -0.2) is 0 Å². The summed E-state index contributed by atoms with van der Waals surface area (Å²) in [5.74, 6) is -0.958. The van der Waals surface area contributed by atoms with Crippen molar-refractivity contribution >= 4 is 0 Å². The lowest BCUT2D eigenvalue weighted by molar-refractivity contribution is -0.190. The van der Waals surface area contributed by atoms with Gasteiger partial charge in [-0.15, -0.1) is 0 Å². The summed E-state index contributed by atoms with van der Waals surface area (Å²) < 4.78 is 5.28. The van der Waals surface area contributed by atoms with Gasteiger partial charge in [0.15, 0.2) is 5.79 Å². The Hall–Kier alpha value is -0.120. The molecule has 1 aliphatic heterocycles. The maximum Gasteiger partial charge on any atom is 0.175 e. The van der Waals surface area contributed by atoms with Crippen LogP contribution in [0.2, 0.25) is 0 Å². The van der Waals surface area contributed by atoms with Crippen LogP contribution in [0, 0.1) is 0 Å². The largest absolute Gasteiger partial charge is 0.365 e. The number of hydrogen-bond donors (Lipinski definition) is 1. The van der Waals surface area contributed by atoms with Crippen molar-refractivity contribution in [3.63, 3.8) is 0 Å². The van der Waals surface area contributed by atoms with Crippen LogP contribution < -0.4 is 0 Å². The summed E-state index contributed by atoms with van der Waals surface area (Å²) in [6.07, 6.45) is 1.01. The quantitative estimate of drug-likeness (QED) is 0.637. The van der Waals surface area contributed by atoms with E-state index >= 15 is 0 Å². The second-order valence-electron chi connectivity index (χ2n) is 3.94. The molecule has 0 unspecified atom stereocenters. The normalized spacial score (nSPS) is 33.8. The van der Waals surface area contributed by atoms with Gasteiger partial charge >= 0.3 is 0 Å². The lowest BCUT2D eigenvalue weighted by Crippen LogP contribution is -2.43. The summed E-state index contributed by atoms with van der Waals surface area (Å²) in [5.41, 5.74) is 0. The van der Waals surface area contributed by atoms with Gasteiger partial charge in [0.1, 0.15) is 0 Å². The molecule has 1 atom stereocenters. The molecule has 0 bridgehead atoms. The van der Waals surface area contributed by atoms with Gasteiger partial charge in [-0.05, 0) is 27.2 Å². The van der Waals surface area contributed by atoms with Crippen molar-refractivity contribution in [2.24, 2.45) is 0 Å². The van der Waals surface area contributed by atoms with Crippen LogP contribution >= 0.6 is 0 Å². The molecule has 0 aromatic rings. The third kappa shape index (κ3) is 2.73. The van der Waals surface area contributed by atoms with E-state index in [9.17, 15) is 5.11 Å². The van der Waals surface area contributed by atoms with Crippen molar-refractivity contribution in [2.75, 3.05) is 19.7 Å². The molecule has 0 aromatic heterocycles. The second-order valence-corrected chi connectivity index (χ2v) is 3.94. The maximum atomic E-state index is 9.71. The topological polar surface area (TPSA) is 32.7 Å². The molecule has 0 aromatic carbocycles. The molecule has 3 nitrogen and oxygen atoms in total. The number of ether oxygens (including phenoxy) is 1. The summed E-state index contributed by atoms with van der Waals surface area (Å²) in [6.45, 7) is 8.31. The van der Waals surface area contributed by atoms with Crippen molar-refractivity contribution in [2.45, 2.75) is 39.0 Å². The van der Waals surface area contributed by atoms with Crippen LogP contribution in [0.4, 0.5) is 0 Å². The van der Waals surface area contributed by atoms with Crippen LogP contribution in [-0.2, 0) is 4.74 Å².